The van der Waals surface area contributed by atoms with Gasteiger partial charge in [-0.15, -0.1) is 0 Å². The highest BCUT2D eigenvalue weighted by Crippen LogP contribution is 2.31. The van der Waals surface area contributed by atoms with Crippen LogP contribution in [-0.4, -0.2) is 77.6 Å². The van der Waals surface area contributed by atoms with Gasteiger partial charge in [-0.25, -0.2) is 18.4 Å². The lowest BCUT2D eigenvalue weighted by Crippen LogP contribution is -2.48. The Hall–Kier alpha value is -3.87. The number of carbonyl (C=O) groups excluding carboxylic acids is 1. The average Bonchev–Trinajstić information content (AvgIpc) is 3.34. The molecule has 5 rings (SSSR count). The highest BCUT2D eigenvalue weighted by Gasteiger charge is 2.28. The number of amides is 1. The largest absolute Gasteiger partial charge is 0.480 e. The summed E-state index contributed by atoms with van der Waals surface area (Å²) >= 11 is 12.0. The molecule has 0 aliphatic carbocycles. The third kappa shape index (κ3) is 5.55. The number of aromatic nitrogens is 3. The third-order valence-corrected chi connectivity index (χ3v) is 8.77. The molecule has 0 bridgehead atoms. The number of carbonyl (C=O) groups is 2. The van der Waals surface area contributed by atoms with Crippen LogP contribution in [0.1, 0.15) is 6.92 Å². The number of hydrogen-bond acceptors (Lipinski definition) is 7. The van der Waals surface area contributed by atoms with Gasteiger partial charge in [0.25, 0.3) is 10.0 Å². The SMILES string of the molecule is CC(=O)N1CCN(c2cnc(-n3ccc4cc(N(CC(=O)O)S(=O)(=O)c5cc(Cl)cc(Cl)c5)ccc43)cn2)CC1. The Bertz CT molecular complexity index is 1680. The van der Waals surface area contributed by atoms with Crippen LogP contribution < -0.4 is 9.21 Å². The summed E-state index contributed by atoms with van der Waals surface area (Å²) in [5.74, 6) is -0.00695. The zero-order valence-electron chi connectivity index (χ0n) is 21.2. The smallest absolute Gasteiger partial charge is 0.324 e. The van der Waals surface area contributed by atoms with Gasteiger partial charge >= 0.3 is 5.97 Å². The molecule has 1 fully saturated rings. The molecule has 208 valence electrons. The molecule has 40 heavy (non-hydrogen) atoms. The fraction of sp³-hybridized carbons (Fsp3) is 0.231. The number of sulfonamides is 1. The Balaban J connectivity index is 1.43. The standard InChI is InChI=1S/C26H24Cl2N6O5S/c1-17(35)31-6-8-32(9-7-31)24-14-30-25(15-29-24)33-5-4-18-10-21(2-3-23(18)33)34(16-26(36)37)40(38,39)22-12-19(27)11-20(28)13-22/h2-5,10-15H,6-9,16H2,1H3,(H,36,37). The number of benzene rings is 2. The molecule has 1 amide bonds. The van der Waals surface area contributed by atoms with E-state index in [-0.39, 0.29) is 26.5 Å². The van der Waals surface area contributed by atoms with Gasteiger partial charge in [-0.2, -0.15) is 0 Å². The summed E-state index contributed by atoms with van der Waals surface area (Å²) in [6, 6.07) is 10.4. The number of rotatable bonds is 7. The van der Waals surface area contributed by atoms with Crippen molar-refractivity contribution in [3.05, 3.63) is 71.1 Å². The number of carboxylic acid groups (broad SMARTS) is 1. The normalized spacial score (nSPS) is 14.0. The lowest BCUT2D eigenvalue weighted by molar-refractivity contribution is -0.135. The van der Waals surface area contributed by atoms with Gasteiger partial charge in [-0.3, -0.25) is 18.5 Å². The second-order valence-electron chi connectivity index (χ2n) is 9.17. The van der Waals surface area contributed by atoms with Gasteiger partial charge in [0, 0.05) is 54.7 Å². The van der Waals surface area contributed by atoms with Crippen LogP contribution in [0, 0.1) is 0 Å². The molecular weight excluding hydrogens is 579 g/mol. The van der Waals surface area contributed by atoms with Gasteiger partial charge in [0.2, 0.25) is 5.91 Å². The van der Waals surface area contributed by atoms with E-state index in [0.29, 0.717) is 43.2 Å². The summed E-state index contributed by atoms with van der Waals surface area (Å²) in [5.41, 5.74) is 0.884. The van der Waals surface area contributed by atoms with Crippen molar-refractivity contribution in [2.24, 2.45) is 0 Å². The predicted molar refractivity (Wildman–Crippen MR) is 152 cm³/mol. The first kappa shape index (κ1) is 27.7. The molecule has 1 saturated heterocycles. The number of anilines is 2. The zero-order valence-corrected chi connectivity index (χ0v) is 23.6. The van der Waals surface area contributed by atoms with Crippen LogP contribution in [0.4, 0.5) is 11.5 Å². The minimum Gasteiger partial charge on any atom is -0.480 e. The van der Waals surface area contributed by atoms with Gasteiger partial charge < -0.3 is 14.9 Å². The van der Waals surface area contributed by atoms with Crippen LogP contribution in [0.5, 0.6) is 0 Å². The Labute approximate surface area is 240 Å². The highest BCUT2D eigenvalue weighted by atomic mass is 35.5. The second kappa shape index (κ2) is 11.0. The molecule has 0 saturated carbocycles. The average molecular weight is 603 g/mol. The Morgan fingerprint density at radius 3 is 2.20 bits per heavy atom. The maximum absolute atomic E-state index is 13.4. The summed E-state index contributed by atoms with van der Waals surface area (Å²) in [4.78, 5) is 36.0. The number of piperazine rings is 1. The lowest BCUT2D eigenvalue weighted by atomic mass is 10.2. The van der Waals surface area contributed by atoms with Crippen molar-refractivity contribution in [2.45, 2.75) is 11.8 Å². The predicted octanol–water partition coefficient (Wildman–Crippen LogP) is 3.68. The lowest BCUT2D eigenvalue weighted by Gasteiger charge is -2.34. The first-order valence-electron chi connectivity index (χ1n) is 12.2. The van der Waals surface area contributed by atoms with Crippen LogP contribution in [0.3, 0.4) is 0 Å². The third-order valence-electron chi connectivity index (χ3n) is 6.59. The van der Waals surface area contributed by atoms with E-state index in [1.807, 2.05) is 0 Å². The molecule has 2 aromatic heterocycles. The zero-order chi connectivity index (χ0) is 28.6. The Morgan fingerprint density at radius 1 is 0.950 bits per heavy atom. The molecule has 0 atom stereocenters. The Morgan fingerprint density at radius 2 is 1.60 bits per heavy atom. The second-order valence-corrected chi connectivity index (χ2v) is 11.9. The van der Waals surface area contributed by atoms with Crippen molar-refractivity contribution in [3.8, 4) is 5.82 Å². The van der Waals surface area contributed by atoms with Crippen molar-refractivity contribution in [1.82, 2.24) is 19.4 Å². The van der Waals surface area contributed by atoms with E-state index in [9.17, 15) is 23.1 Å². The van der Waals surface area contributed by atoms with Gasteiger partial charge in [-0.1, -0.05) is 23.2 Å². The molecule has 1 aliphatic heterocycles. The van der Waals surface area contributed by atoms with E-state index in [1.165, 1.54) is 24.3 Å². The molecule has 11 nitrogen and oxygen atoms in total. The summed E-state index contributed by atoms with van der Waals surface area (Å²) in [7, 11) is -4.30. The maximum Gasteiger partial charge on any atom is 0.324 e. The van der Waals surface area contributed by atoms with E-state index in [0.717, 1.165) is 9.82 Å². The van der Waals surface area contributed by atoms with Crippen molar-refractivity contribution in [1.29, 1.82) is 0 Å². The molecule has 14 heteroatoms. The summed E-state index contributed by atoms with van der Waals surface area (Å²) in [6.45, 7) is 3.35. The number of fused-ring (bicyclic) bond motifs is 1. The summed E-state index contributed by atoms with van der Waals surface area (Å²) < 4.78 is 29.5. The minimum absolute atomic E-state index is 0.0567. The van der Waals surface area contributed by atoms with Crippen molar-refractivity contribution in [2.75, 3.05) is 41.9 Å². The number of nitrogens with zero attached hydrogens (tertiary/aromatic N) is 6. The van der Waals surface area contributed by atoms with E-state index in [1.54, 1.807) is 53.2 Å². The molecule has 4 aromatic rings. The van der Waals surface area contributed by atoms with Crippen LogP contribution in [0.2, 0.25) is 10.0 Å². The van der Waals surface area contributed by atoms with Crippen LogP contribution >= 0.6 is 23.2 Å². The molecule has 0 unspecified atom stereocenters. The molecule has 3 heterocycles. The molecule has 0 radical (unpaired) electrons. The van der Waals surface area contributed by atoms with Crippen LogP contribution in [0.15, 0.2) is 66.0 Å². The number of halogens is 2. The van der Waals surface area contributed by atoms with E-state index in [4.69, 9.17) is 23.2 Å². The van der Waals surface area contributed by atoms with E-state index >= 15 is 0 Å². The molecule has 2 aromatic carbocycles. The van der Waals surface area contributed by atoms with Crippen molar-refractivity contribution >= 4 is 67.5 Å². The molecule has 0 spiro atoms. The van der Waals surface area contributed by atoms with Crippen LogP contribution in [-0.2, 0) is 19.6 Å². The summed E-state index contributed by atoms with van der Waals surface area (Å²) in [6.07, 6.45) is 5.09. The highest BCUT2D eigenvalue weighted by molar-refractivity contribution is 7.92. The summed E-state index contributed by atoms with van der Waals surface area (Å²) in [5, 5.41) is 10.4. The minimum atomic E-state index is -4.30. The number of aliphatic carboxylic acids is 1. The quantitative estimate of drug-likeness (QED) is 0.339. The van der Waals surface area contributed by atoms with Gasteiger partial charge in [-0.05, 0) is 42.5 Å². The first-order valence-corrected chi connectivity index (χ1v) is 14.4. The molecular formula is C26H24Cl2N6O5S. The molecule has 1 N–H and O–H groups in total. The fourth-order valence-corrected chi connectivity index (χ4v) is 6.71. The maximum atomic E-state index is 13.4. The van der Waals surface area contributed by atoms with E-state index in [2.05, 4.69) is 14.9 Å². The van der Waals surface area contributed by atoms with Gasteiger partial charge in [0.1, 0.15) is 12.4 Å². The van der Waals surface area contributed by atoms with Gasteiger partial charge in [0.05, 0.1) is 28.5 Å². The monoisotopic (exact) mass is 602 g/mol. The topological polar surface area (TPSA) is 129 Å². The Kier molecular flexibility index (Phi) is 7.58. The van der Waals surface area contributed by atoms with Gasteiger partial charge in [0.15, 0.2) is 5.82 Å². The molecule has 1 aliphatic rings. The van der Waals surface area contributed by atoms with Crippen molar-refractivity contribution in [3.63, 3.8) is 0 Å². The number of hydrogen-bond donors (Lipinski definition) is 1. The van der Waals surface area contributed by atoms with Crippen LogP contribution in [0.25, 0.3) is 16.7 Å². The first-order chi connectivity index (χ1) is 19.0. The van der Waals surface area contributed by atoms with Crippen molar-refractivity contribution < 1.29 is 23.1 Å². The number of carboxylic acids is 1. The van der Waals surface area contributed by atoms with E-state index < -0.39 is 22.5 Å². The fourth-order valence-electron chi connectivity index (χ4n) is 4.58.